The molecule has 0 bridgehead atoms. The Morgan fingerprint density at radius 3 is 2.77 bits per heavy atom. The number of ether oxygens (including phenoxy) is 2. The van der Waals surface area contributed by atoms with Gasteiger partial charge in [-0.05, 0) is 29.9 Å². The van der Waals surface area contributed by atoms with Crippen molar-refractivity contribution in [1.82, 2.24) is 0 Å². The minimum absolute atomic E-state index is 0.0818. The van der Waals surface area contributed by atoms with E-state index >= 15 is 0 Å². The van der Waals surface area contributed by atoms with Crippen molar-refractivity contribution >= 4 is 17.3 Å². The van der Waals surface area contributed by atoms with Crippen molar-refractivity contribution in [2.24, 2.45) is 5.92 Å². The average molecular weight is 364 g/mol. The Labute approximate surface area is 154 Å². The first kappa shape index (κ1) is 20.2. The second-order valence-electron chi connectivity index (χ2n) is 6.97. The molecule has 0 radical (unpaired) electrons. The highest BCUT2D eigenvalue weighted by Gasteiger charge is 2.31. The average Bonchev–Trinajstić information content (AvgIpc) is 2.65. The van der Waals surface area contributed by atoms with E-state index in [-0.39, 0.29) is 35.0 Å². The molecule has 1 fully saturated rings. The highest BCUT2D eigenvalue weighted by atomic mass is 16.6. The molecule has 1 aliphatic rings. The standard InChI is InChI=1S/C19H28N2O5/c1-5-14(11-19(22)25-4)15-6-7-16(17(10-15)21(23)24)20-8-9-26-12-18(20)13(2)3/h6-7,10,13-14,18H,5,8-9,11-12H2,1-4H3/t14-,18+/m0/s1. The van der Waals surface area contributed by atoms with Gasteiger partial charge in [-0.15, -0.1) is 0 Å². The Bertz CT molecular complexity index is 647. The lowest BCUT2D eigenvalue weighted by Gasteiger charge is -2.39. The quantitative estimate of drug-likeness (QED) is 0.418. The van der Waals surface area contributed by atoms with Crippen LogP contribution in [-0.4, -0.2) is 43.8 Å². The minimum Gasteiger partial charge on any atom is -0.469 e. The van der Waals surface area contributed by atoms with Crippen LogP contribution >= 0.6 is 0 Å². The normalized spacial score (nSPS) is 18.7. The summed E-state index contributed by atoms with van der Waals surface area (Å²) >= 11 is 0. The molecule has 7 heteroatoms. The number of methoxy groups -OCH3 is 1. The molecule has 1 aliphatic heterocycles. The summed E-state index contributed by atoms with van der Waals surface area (Å²) in [7, 11) is 1.35. The van der Waals surface area contributed by atoms with Gasteiger partial charge in [0.05, 0.1) is 37.7 Å². The second kappa shape index (κ2) is 8.98. The van der Waals surface area contributed by atoms with Gasteiger partial charge in [0.1, 0.15) is 5.69 Å². The van der Waals surface area contributed by atoms with Gasteiger partial charge in [0, 0.05) is 12.6 Å². The van der Waals surface area contributed by atoms with Gasteiger partial charge >= 0.3 is 5.97 Å². The summed E-state index contributed by atoms with van der Waals surface area (Å²) in [6.07, 6.45) is 0.924. The summed E-state index contributed by atoms with van der Waals surface area (Å²) in [6, 6.07) is 5.42. The molecule has 7 nitrogen and oxygen atoms in total. The van der Waals surface area contributed by atoms with E-state index < -0.39 is 0 Å². The lowest BCUT2D eigenvalue weighted by molar-refractivity contribution is -0.384. The van der Waals surface area contributed by atoms with Crippen LogP contribution < -0.4 is 4.90 Å². The number of hydrogen-bond donors (Lipinski definition) is 0. The van der Waals surface area contributed by atoms with Crippen LogP contribution in [0.3, 0.4) is 0 Å². The highest BCUT2D eigenvalue weighted by molar-refractivity contribution is 5.71. The maximum absolute atomic E-state index is 11.7. The largest absolute Gasteiger partial charge is 0.469 e. The van der Waals surface area contributed by atoms with Crippen molar-refractivity contribution in [2.75, 3.05) is 31.8 Å². The van der Waals surface area contributed by atoms with E-state index in [0.29, 0.717) is 37.8 Å². The molecule has 2 atom stereocenters. The maximum Gasteiger partial charge on any atom is 0.306 e. The number of anilines is 1. The molecule has 1 saturated heterocycles. The number of carbonyl (C=O) groups is 1. The predicted molar refractivity (Wildman–Crippen MR) is 99.6 cm³/mol. The monoisotopic (exact) mass is 364 g/mol. The fourth-order valence-corrected chi connectivity index (χ4v) is 3.44. The number of esters is 1. The summed E-state index contributed by atoms with van der Waals surface area (Å²) in [5, 5.41) is 11.7. The van der Waals surface area contributed by atoms with Crippen LogP contribution in [0, 0.1) is 16.0 Å². The molecule has 1 heterocycles. The van der Waals surface area contributed by atoms with Crippen LogP contribution in [0.15, 0.2) is 18.2 Å². The Morgan fingerprint density at radius 1 is 1.46 bits per heavy atom. The molecule has 2 rings (SSSR count). The third kappa shape index (κ3) is 4.52. The first-order valence-electron chi connectivity index (χ1n) is 9.08. The summed E-state index contributed by atoms with van der Waals surface area (Å²) in [5.74, 6) is -0.0882. The summed E-state index contributed by atoms with van der Waals surface area (Å²) < 4.78 is 10.3. The van der Waals surface area contributed by atoms with Crippen molar-refractivity contribution in [3.63, 3.8) is 0 Å². The minimum atomic E-state index is -0.337. The van der Waals surface area contributed by atoms with Crippen LogP contribution in [0.2, 0.25) is 0 Å². The second-order valence-corrected chi connectivity index (χ2v) is 6.97. The highest BCUT2D eigenvalue weighted by Crippen LogP contribution is 2.36. The zero-order valence-electron chi connectivity index (χ0n) is 15.9. The van der Waals surface area contributed by atoms with E-state index in [0.717, 1.165) is 5.56 Å². The van der Waals surface area contributed by atoms with Crippen LogP contribution in [0.25, 0.3) is 0 Å². The SMILES string of the molecule is CC[C@@H](CC(=O)OC)c1ccc(N2CCOC[C@@H]2C(C)C)c([N+](=O)[O-])c1. The van der Waals surface area contributed by atoms with Crippen molar-refractivity contribution < 1.29 is 19.2 Å². The third-order valence-electron chi connectivity index (χ3n) is 5.05. The van der Waals surface area contributed by atoms with Gasteiger partial charge in [0.25, 0.3) is 5.69 Å². The van der Waals surface area contributed by atoms with Crippen LogP contribution in [0.4, 0.5) is 11.4 Å². The number of nitro benzene ring substituents is 1. The van der Waals surface area contributed by atoms with Crippen molar-refractivity contribution in [3.05, 3.63) is 33.9 Å². The molecule has 1 aromatic rings. The number of benzene rings is 1. The molecule has 0 N–H and O–H groups in total. The van der Waals surface area contributed by atoms with Gasteiger partial charge in [-0.25, -0.2) is 0 Å². The topological polar surface area (TPSA) is 81.9 Å². The summed E-state index contributed by atoms with van der Waals surface area (Å²) in [6.45, 7) is 7.90. The molecular formula is C19H28N2O5. The first-order valence-corrected chi connectivity index (χ1v) is 9.08. The molecule has 0 saturated carbocycles. The molecule has 0 spiro atoms. The lowest BCUT2D eigenvalue weighted by Crippen LogP contribution is -2.48. The van der Waals surface area contributed by atoms with E-state index in [2.05, 4.69) is 18.7 Å². The molecule has 1 aromatic carbocycles. The van der Waals surface area contributed by atoms with E-state index in [4.69, 9.17) is 9.47 Å². The Morgan fingerprint density at radius 2 is 2.19 bits per heavy atom. The molecule has 26 heavy (non-hydrogen) atoms. The van der Waals surface area contributed by atoms with Gasteiger partial charge in [-0.2, -0.15) is 0 Å². The lowest BCUT2D eigenvalue weighted by atomic mass is 9.92. The zero-order valence-corrected chi connectivity index (χ0v) is 15.9. The van der Waals surface area contributed by atoms with Gasteiger partial charge in [0.2, 0.25) is 0 Å². The van der Waals surface area contributed by atoms with Crippen molar-refractivity contribution in [1.29, 1.82) is 0 Å². The fourth-order valence-electron chi connectivity index (χ4n) is 3.44. The van der Waals surface area contributed by atoms with Crippen LogP contribution in [-0.2, 0) is 14.3 Å². The Balaban J connectivity index is 2.39. The van der Waals surface area contributed by atoms with Gasteiger partial charge < -0.3 is 14.4 Å². The summed E-state index contributed by atoms with van der Waals surface area (Å²) in [4.78, 5) is 25.1. The smallest absolute Gasteiger partial charge is 0.306 e. The number of rotatable bonds is 7. The molecule has 144 valence electrons. The predicted octanol–water partition coefficient (Wildman–Crippen LogP) is 3.51. The molecule has 0 aromatic heterocycles. The van der Waals surface area contributed by atoms with E-state index in [1.807, 2.05) is 19.1 Å². The fraction of sp³-hybridized carbons (Fsp3) is 0.632. The van der Waals surface area contributed by atoms with Crippen molar-refractivity contribution in [2.45, 2.75) is 45.6 Å². The number of carbonyl (C=O) groups excluding carboxylic acids is 1. The number of nitrogens with zero attached hydrogens (tertiary/aromatic N) is 2. The Hall–Kier alpha value is -2.15. The molecule has 0 unspecified atom stereocenters. The van der Waals surface area contributed by atoms with Gasteiger partial charge in [0.15, 0.2) is 0 Å². The van der Waals surface area contributed by atoms with E-state index in [1.165, 1.54) is 7.11 Å². The number of nitro groups is 1. The van der Waals surface area contributed by atoms with E-state index in [9.17, 15) is 14.9 Å². The zero-order chi connectivity index (χ0) is 19.3. The van der Waals surface area contributed by atoms with Gasteiger partial charge in [-0.1, -0.05) is 26.8 Å². The molecule has 0 amide bonds. The molecular weight excluding hydrogens is 336 g/mol. The summed E-state index contributed by atoms with van der Waals surface area (Å²) in [5.41, 5.74) is 1.50. The Kier molecular flexibility index (Phi) is 6.97. The van der Waals surface area contributed by atoms with Crippen molar-refractivity contribution in [3.8, 4) is 0 Å². The first-order chi connectivity index (χ1) is 12.4. The van der Waals surface area contributed by atoms with Crippen LogP contribution in [0.1, 0.15) is 45.1 Å². The number of morpholine rings is 1. The number of hydrogen-bond acceptors (Lipinski definition) is 6. The van der Waals surface area contributed by atoms with Gasteiger partial charge in [-0.3, -0.25) is 14.9 Å². The molecule has 0 aliphatic carbocycles. The third-order valence-corrected chi connectivity index (χ3v) is 5.05. The maximum atomic E-state index is 11.7. The van der Waals surface area contributed by atoms with Crippen LogP contribution in [0.5, 0.6) is 0 Å². The van der Waals surface area contributed by atoms with E-state index in [1.54, 1.807) is 6.07 Å².